The van der Waals surface area contributed by atoms with E-state index in [-0.39, 0.29) is 18.3 Å². The third kappa shape index (κ3) is 6.15. The number of rotatable bonds is 6. The Morgan fingerprint density at radius 2 is 1.96 bits per heavy atom. The van der Waals surface area contributed by atoms with E-state index >= 15 is 0 Å². The van der Waals surface area contributed by atoms with Gasteiger partial charge in [-0.05, 0) is 38.1 Å². The molecule has 1 aromatic carbocycles. The van der Waals surface area contributed by atoms with Gasteiger partial charge in [-0.1, -0.05) is 0 Å². The molecule has 0 aliphatic carbocycles. The number of halogens is 1. The lowest BCUT2D eigenvalue weighted by molar-refractivity contribution is -0.115. The molecule has 0 aliphatic heterocycles. The van der Waals surface area contributed by atoms with Crippen LogP contribution in [0.5, 0.6) is 0 Å². The van der Waals surface area contributed by atoms with Gasteiger partial charge in [0.15, 0.2) is 5.96 Å². The summed E-state index contributed by atoms with van der Waals surface area (Å²) in [6, 6.07) is 5.62. The van der Waals surface area contributed by atoms with Crippen molar-refractivity contribution < 1.29 is 9.18 Å². The van der Waals surface area contributed by atoms with E-state index in [4.69, 9.17) is 0 Å². The monoisotopic (exact) mass is 363 g/mol. The fourth-order valence-electron chi connectivity index (χ4n) is 2.06. The van der Waals surface area contributed by atoms with Gasteiger partial charge < -0.3 is 16.0 Å². The van der Waals surface area contributed by atoms with Crippen LogP contribution >= 0.6 is 11.3 Å². The first-order valence-electron chi connectivity index (χ1n) is 7.90. The molecule has 8 heteroatoms. The highest BCUT2D eigenvalue weighted by Gasteiger charge is 2.06. The second kappa shape index (κ2) is 9.12. The minimum Gasteiger partial charge on any atom is -0.356 e. The zero-order valence-electron chi connectivity index (χ0n) is 14.5. The molecule has 1 aromatic heterocycles. The Morgan fingerprint density at radius 1 is 1.24 bits per heavy atom. The second-order valence-electron chi connectivity index (χ2n) is 5.41. The van der Waals surface area contributed by atoms with Crippen LogP contribution in [0.25, 0.3) is 0 Å². The van der Waals surface area contributed by atoms with E-state index < -0.39 is 0 Å². The molecule has 0 saturated heterocycles. The molecule has 0 unspecified atom stereocenters. The van der Waals surface area contributed by atoms with E-state index in [9.17, 15) is 9.18 Å². The van der Waals surface area contributed by atoms with Crippen LogP contribution in [0, 0.1) is 19.7 Å². The topological polar surface area (TPSA) is 78.4 Å². The average molecular weight is 363 g/mol. The number of anilines is 1. The third-order valence-corrected chi connectivity index (χ3v) is 4.60. The molecule has 0 radical (unpaired) electrons. The largest absolute Gasteiger partial charge is 0.356 e. The molecule has 25 heavy (non-hydrogen) atoms. The lowest BCUT2D eigenvalue weighted by Crippen LogP contribution is -2.42. The van der Waals surface area contributed by atoms with Gasteiger partial charge in [-0.25, -0.2) is 9.37 Å². The molecule has 1 heterocycles. The van der Waals surface area contributed by atoms with Crippen molar-refractivity contribution in [2.24, 2.45) is 4.99 Å². The van der Waals surface area contributed by atoms with Gasteiger partial charge in [0.05, 0.1) is 17.2 Å². The number of carbonyl (C=O) groups is 1. The van der Waals surface area contributed by atoms with Crippen molar-refractivity contribution in [2.45, 2.75) is 20.3 Å². The summed E-state index contributed by atoms with van der Waals surface area (Å²) in [5.41, 5.74) is 1.62. The molecule has 0 fully saturated rings. The highest BCUT2D eigenvalue weighted by atomic mass is 32.1. The quantitative estimate of drug-likeness (QED) is 0.543. The third-order valence-electron chi connectivity index (χ3n) is 3.47. The molecule has 0 saturated carbocycles. The molecule has 2 rings (SSSR count). The minimum absolute atomic E-state index is 0.0620. The first-order chi connectivity index (χ1) is 12.0. The Balaban J connectivity index is 1.72. The summed E-state index contributed by atoms with van der Waals surface area (Å²) in [7, 11) is 1.64. The number of aryl methyl sites for hydroxylation is 2. The second-order valence-corrected chi connectivity index (χ2v) is 6.69. The van der Waals surface area contributed by atoms with E-state index in [1.165, 1.54) is 29.1 Å². The molecule has 6 nitrogen and oxygen atoms in total. The number of carbonyl (C=O) groups excluding carboxylic acids is 1. The zero-order chi connectivity index (χ0) is 18.2. The van der Waals surface area contributed by atoms with Crippen molar-refractivity contribution in [1.29, 1.82) is 0 Å². The van der Waals surface area contributed by atoms with E-state index in [1.807, 2.05) is 6.92 Å². The molecule has 0 spiro atoms. The molecule has 2 aromatic rings. The van der Waals surface area contributed by atoms with Crippen molar-refractivity contribution in [3.63, 3.8) is 0 Å². The van der Waals surface area contributed by atoms with Crippen LogP contribution in [0.15, 0.2) is 29.3 Å². The first-order valence-corrected chi connectivity index (χ1v) is 8.72. The summed E-state index contributed by atoms with van der Waals surface area (Å²) < 4.78 is 12.8. The van der Waals surface area contributed by atoms with Gasteiger partial charge >= 0.3 is 0 Å². The van der Waals surface area contributed by atoms with Crippen LogP contribution in [0.4, 0.5) is 10.1 Å². The van der Waals surface area contributed by atoms with Crippen molar-refractivity contribution in [3.8, 4) is 0 Å². The summed E-state index contributed by atoms with van der Waals surface area (Å²) in [6.07, 6.45) is 0.793. The number of guanidine groups is 1. The first kappa shape index (κ1) is 18.9. The smallest absolute Gasteiger partial charge is 0.243 e. The highest BCUT2D eigenvalue weighted by molar-refractivity contribution is 7.11. The predicted octanol–water partition coefficient (Wildman–Crippen LogP) is 2.25. The van der Waals surface area contributed by atoms with E-state index in [1.54, 1.807) is 18.4 Å². The van der Waals surface area contributed by atoms with Gasteiger partial charge in [-0.2, -0.15) is 0 Å². The molecule has 0 aliphatic rings. The van der Waals surface area contributed by atoms with Crippen molar-refractivity contribution in [3.05, 3.63) is 45.7 Å². The van der Waals surface area contributed by atoms with Crippen LogP contribution in [-0.4, -0.2) is 37.0 Å². The van der Waals surface area contributed by atoms with Gasteiger partial charge in [0.1, 0.15) is 5.82 Å². The Morgan fingerprint density at radius 3 is 2.56 bits per heavy atom. The SMILES string of the molecule is CN=C(NCCc1nc(C)c(C)s1)NCC(=O)Nc1ccc(F)cc1. The summed E-state index contributed by atoms with van der Waals surface area (Å²) in [6.45, 7) is 4.80. The Kier molecular flexibility index (Phi) is 6.88. The fraction of sp³-hybridized carbons (Fsp3) is 0.353. The maximum atomic E-state index is 12.8. The maximum absolute atomic E-state index is 12.8. The van der Waals surface area contributed by atoms with Crippen LogP contribution in [0.2, 0.25) is 0 Å². The lowest BCUT2D eigenvalue weighted by Gasteiger charge is -2.11. The van der Waals surface area contributed by atoms with E-state index in [0.717, 1.165) is 17.1 Å². The summed E-state index contributed by atoms with van der Waals surface area (Å²) >= 11 is 1.69. The van der Waals surface area contributed by atoms with Gasteiger partial charge in [0.2, 0.25) is 5.91 Å². The van der Waals surface area contributed by atoms with Gasteiger partial charge in [0, 0.05) is 30.6 Å². The number of amides is 1. The number of nitrogens with zero attached hydrogens (tertiary/aromatic N) is 2. The predicted molar refractivity (Wildman–Crippen MR) is 99.7 cm³/mol. The number of hydrogen-bond acceptors (Lipinski definition) is 4. The van der Waals surface area contributed by atoms with Gasteiger partial charge in [-0.3, -0.25) is 9.79 Å². The fourth-order valence-corrected chi connectivity index (χ4v) is 2.99. The number of benzene rings is 1. The summed E-state index contributed by atoms with van der Waals surface area (Å²) in [4.78, 5) is 21.7. The van der Waals surface area contributed by atoms with Gasteiger partial charge in [0.25, 0.3) is 0 Å². The van der Waals surface area contributed by atoms with Gasteiger partial charge in [-0.15, -0.1) is 11.3 Å². The Hall–Kier alpha value is -2.48. The van der Waals surface area contributed by atoms with Crippen LogP contribution in [0.3, 0.4) is 0 Å². The minimum atomic E-state index is -0.341. The molecule has 1 amide bonds. The standard InChI is InChI=1S/C17H22FN5OS/c1-11-12(2)25-16(22-11)8-9-20-17(19-3)21-10-15(24)23-14-6-4-13(18)5-7-14/h4-7H,8-10H2,1-3H3,(H,23,24)(H2,19,20,21). The van der Waals surface area contributed by atoms with Crippen molar-refractivity contribution in [2.75, 3.05) is 25.5 Å². The Bertz CT molecular complexity index is 722. The Labute approximate surface area is 150 Å². The van der Waals surface area contributed by atoms with Crippen molar-refractivity contribution in [1.82, 2.24) is 15.6 Å². The van der Waals surface area contributed by atoms with E-state index in [2.05, 4.69) is 32.9 Å². The van der Waals surface area contributed by atoms with Crippen LogP contribution in [0.1, 0.15) is 15.6 Å². The zero-order valence-corrected chi connectivity index (χ0v) is 15.3. The number of hydrogen-bond donors (Lipinski definition) is 3. The maximum Gasteiger partial charge on any atom is 0.243 e. The summed E-state index contributed by atoms with van der Waals surface area (Å²) in [5, 5.41) is 9.84. The van der Waals surface area contributed by atoms with Crippen molar-refractivity contribution >= 4 is 28.9 Å². The normalized spacial score (nSPS) is 11.3. The molecule has 0 bridgehead atoms. The molecule has 0 atom stereocenters. The summed E-state index contributed by atoms with van der Waals surface area (Å²) in [5.74, 6) is -0.0358. The average Bonchev–Trinajstić information content (AvgIpc) is 2.91. The highest BCUT2D eigenvalue weighted by Crippen LogP contribution is 2.16. The van der Waals surface area contributed by atoms with E-state index in [0.29, 0.717) is 18.2 Å². The molecular weight excluding hydrogens is 341 g/mol. The molecule has 3 N–H and O–H groups in total. The van der Waals surface area contributed by atoms with Crippen LogP contribution in [-0.2, 0) is 11.2 Å². The number of aromatic nitrogens is 1. The molecule has 134 valence electrons. The number of nitrogens with one attached hydrogen (secondary N) is 3. The lowest BCUT2D eigenvalue weighted by atomic mass is 10.3. The number of thiazole rings is 1. The van der Waals surface area contributed by atoms with Crippen LogP contribution < -0.4 is 16.0 Å². The number of aliphatic imine (C=N–C) groups is 1. The molecular formula is C17H22FN5OS.